The number of amides is 3. The standard InChI is InChI=1S/C19H17ClN8O2/c20-14-4-3-12(9-21-14)24-15-6-16(22-7-10-1-2-10)28-17(26-15)11(8-23-28)5-13-18(29)27-19(30)25-13/h3-6,8-10,22H,1-2,7H2,(H,24,26)(H2,25,27,29,30)/b13-5-. The lowest BCUT2D eigenvalue weighted by Gasteiger charge is -2.12. The summed E-state index contributed by atoms with van der Waals surface area (Å²) in [5.74, 6) is 1.51. The number of hydrogen-bond acceptors (Lipinski definition) is 7. The second-order valence-corrected chi connectivity index (χ2v) is 7.53. The number of anilines is 3. The molecule has 0 atom stereocenters. The van der Waals surface area contributed by atoms with Gasteiger partial charge in [0, 0.05) is 18.2 Å². The first-order valence-corrected chi connectivity index (χ1v) is 9.78. The van der Waals surface area contributed by atoms with Crippen LogP contribution in [-0.2, 0) is 4.79 Å². The van der Waals surface area contributed by atoms with E-state index in [2.05, 4.69) is 36.3 Å². The average molecular weight is 425 g/mol. The molecule has 2 aliphatic rings. The number of urea groups is 1. The third kappa shape index (κ3) is 3.77. The molecule has 3 aromatic rings. The van der Waals surface area contributed by atoms with Gasteiger partial charge in [0.15, 0.2) is 5.65 Å². The molecule has 3 aromatic heterocycles. The Morgan fingerprint density at radius 1 is 1.23 bits per heavy atom. The third-order valence-corrected chi connectivity index (χ3v) is 5.01. The molecule has 1 aliphatic heterocycles. The number of nitrogens with zero attached hydrogens (tertiary/aromatic N) is 4. The van der Waals surface area contributed by atoms with Crippen molar-refractivity contribution in [2.45, 2.75) is 12.8 Å². The number of aromatic nitrogens is 4. The normalized spacial score (nSPS) is 17.3. The SMILES string of the molecule is O=C1NC(=O)/C(=C/c2cnn3c(NCC4CC4)cc(Nc4ccc(Cl)nc4)nc23)N1. The molecule has 0 radical (unpaired) electrons. The second-order valence-electron chi connectivity index (χ2n) is 7.15. The van der Waals surface area contributed by atoms with E-state index in [9.17, 15) is 9.59 Å². The minimum Gasteiger partial charge on any atom is -0.370 e. The smallest absolute Gasteiger partial charge is 0.326 e. The van der Waals surface area contributed by atoms with E-state index in [1.54, 1.807) is 35.1 Å². The Hall–Kier alpha value is -3.66. The van der Waals surface area contributed by atoms with Gasteiger partial charge in [-0.25, -0.2) is 14.8 Å². The topological polar surface area (TPSA) is 125 Å². The molecular formula is C19H17ClN8O2. The van der Waals surface area contributed by atoms with E-state index < -0.39 is 11.9 Å². The predicted molar refractivity (Wildman–Crippen MR) is 111 cm³/mol. The van der Waals surface area contributed by atoms with E-state index in [0.29, 0.717) is 28.1 Å². The number of fused-ring (bicyclic) bond motifs is 1. The van der Waals surface area contributed by atoms with Gasteiger partial charge in [0.05, 0.1) is 18.1 Å². The van der Waals surface area contributed by atoms with Crippen LogP contribution in [0.25, 0.3) is 11.7 Å². The summed E-state index contributed by atoms with van der Waals surface area (Å²) in [5, 5.41) is 16.1. The van der Waals surface area contributed by atoms with Crippen LogP contribution < -0.4 is 21.3 Å². The predicted octanol–water partition coefficient (Wildman–Crippen LogP) is 2.52. The summed E-state index contributed by atoms with van der Waals surface area (Å²) in [4.78, 5) is 32.0. The molecule has 3 amide bonds. The molecule has 11 heteroatoms. The van der Waals surface area contributed by atoms with E-state index in [-0.39, 0.29) is 5.70 Å². The second kappa shape index (κ2) is 7.30. The Labute approximate surface area is 175 Å². The maximum absolute atomic E-state index is 11.9. The van der Waals surface area contributed by atoms with Crippen LogP contribution in [0, 0.1) is 5.92 Å². The van der Waals surface area contributed by atoms with Gasteiger partial charge in [0.25, 0.3) is 5.91 Å². The molecule has 1 saturated heterocycles. The van der Waals surface area contributed by atoms with Crippen molar-refractivity contribution >= 4 is 52.6 Å². The Kier molecular flexibility index (Phi) is 4.47. The number of rotatable bonds is 6. The van der Waals surface area contributed by atoms with Crippen molar-refractivity contribution in [3.05, 3.63) is 47.0 Å². The summed E-state index contributed by atoms with van der Waals surface area (Å²) in [6.45, 7) is 0.843. The fraction of sp³-hybridized carbons (Fsp3) is 0.211. The first-order valence-electron chi connectivity index (χ1n) is 9.40. The molecule has 10 nitrogen and oxygen atoms in total. The number of pyridine rings is 1. The van der Waals surface area contributed by atoms with Crippen LogP contribution >= 0.6 is 11.6 Å². The maximum atomic E-state index is 11.9. The highest BCUT2D eigenvalue weighted by Crippen LogP contribution is 2.30. The lowest BCUT2D eigenvalue weighted by molar-refractivity contribution is -0.115. The Balaban J connectivity index is 1.54. The first-order chi connectivity index (χ1) is 14.5. The number of imide groups is 1. The molecular weight excluding hydrogens is 408 g/mol. The zero-order chi connectivity index (χ0) is 20.7. The molecule has 30 heavy (non-hydrogen) atoms. The van der Waals surface area contributed by atoms with Gasteiger partial charge in [-0.2, -0.15) is 9.61 Å². The van der Waals surface area contributed by atoms with Crippen LogP contribution in [-0.4, -0.2) is 38.1 Å². The molecule has 2 fully saturated rings. The van der Waals surface area contributed by atoms with Crippen LogP contribution in [0.4, 0.5) is 22.1 Å². The van der Waals surface area contributed by atoms with Crippen LogP contribution in [0.3, 0.4) is 0 Å². The summed E-state index contributed by atoms with van der Waals surface area (Å²) in [7, 11) is 0. The Bertz CT molecular complexity index is 1180. The van der Waals surface area contributed by atoms with E-state index in [1.165, 1.54) is 12.8 Å². The van der Waals surface area contributed by atoms with Gasteiger partial charge >= 0.3 is 6.03 Å². The summed E-state index contributed by atoms with van der Waals surface area (Å²) in [5.41, 5.74) is 1.99. The summed E-state index contributed by atoms with van der Waals surface area (Å²) >= 11 is 5.86. The van der Waals surface area contributed by atoms with Crippen molar-refractivity contribution in [2.24, 2.45) is 5.92 Å². The average Bonchev–Trinajstić information content (AvgIpc) is 3.39. The number of carbonyl (C=O) groups is 2. The number of hydrogen-bond donors (Lipinski definition) is 4. The number of nitrogens with one attached hydrogen (secondary N) is 4. The first kappa shape index (κ1) is 18.4. The minimum atomic E-state index is -0.555. The highest BCUT2D eigenvalue weighted by molar-refractivity contribution is 6.29. The molecule has 1 aliphatic carbocycles. The van der Waals surface area contributed by atoms with Gasteiger partial charge in [-0.15, -0.1) is 0 Å². The van der Waals surface area contributed by atoms with E-state index >= 15 is 0 Å². The number of halogens is 1. The molecule has 4 heterocycles. The van der Waals surface area contributed by atoms with E-state index in [4.69, 9.17) is 11.6 Å². The third-order valence-electron chi connectivity index (χ3n) is 4.79. The summed E-state index contributed by atoms with van der Waals surface area (Å²) in [6.07, 6.45) is 7.20. The maximum Gasteiger partial charge on any atom is 0.326 e. The quantitative estimate of drug-likeness (QED) is 0.272. The van der Waals surface area contributed by atoms with Gasteiger partial charge in [0.1, 0.15) is 22.5 Å². The van der Waals surface area contributed by atoms with Crippen LogP contribution in [0.5, 0.6) is 0 Å². The molecule has 4 N–H and O–H groups in total. The lowest BCUT2D eigenvalue weighted by atomic mass is 10.2. The van der Waals surface area contributed by atoms with Gasteiger partial charge < -0.3 is 16.0 Å². The Morgan fingerprint density at radius 2 is 2.10 bits per heavy atom. The lowest BCUT2D eigenvalue weighted by Crippen LogP contribution is -2.22. The van der Waals surface area contributed by atoms with E-state index in [0.717, 1.165) is 18.1 Å². The highest BCUT2D eigenvalue weighted by atomic mass is 35.5. The number of carbonyl (C=O) groups excluding carboxylic acids is 2. The fourth-order valence-electron chi connectivity index (χ4n) is 3.08. The van der Waals surface area contributed by atoms with Crippen molar-refractivity contribution in [2.75, 3.05) is 17.2 Å². The van der Waals surface area contributed by atoms with Crippen molar-refractivity contribution in [3.8, 4) is 0 Å². The van der Waals surface area contributed by atoms with Crippen molar-refractivity contribution in [1.29, 1.82) is 0 Å². The van der Waals surface area contributed by atoms with Gasteiger partial charge in [-0.05, 0) is 37.0 Å². The summed E-state index contributed by atoms with van der Waals surface area (Å²) in [6, 6.07) is 4.79. The van der Waals surface area contributed by atoms with Crippen molar-refractivity contribution in [1.82, 2.24) is 30.2 Å². The molecule has 5 rings (SSSR count). The van der Waals surface area contributed by atoms with Crippen LogP contribution in [0.1, 0.15) is 18.4 Å². The molecule has 0 unspecified atom stereocenters. The molecule has 0 aromatic carbocycles. The van der Waals surface area contributed by atoms with Crippen molar-refractivity contribution in [3.63, 3.8) is 0 Å². The van der Waals surface area contributed by atoms with E-state index in [1.807, 2.05) is 6.07 Å². The molecule has 1 saturated carbocycles. The molecule has 0 bridgehead atoms. The van der Waals surface area contributed by atoms with Crippen LogP contribution in [0.15, 0.2) is 36.3 Å². The summed E-state index contributed by atoms with van der Waals surface area (Å²) < 4.78 is 1.68. The van der Waals surface area contributed by atoms with Gasteiger partial charge in [-0.1, -0.05) is 11.6 Å². The van der Waals surface area contributed by atoms with Crippen molar-refractivity contribution < 1.29 is 9.59 Å². The zero-order valence-electron chi connectivity index (χ0n) is 15.6. The minimum absolute atomic E-state index is 0.143. The Morgan fingerprint density at radius 3 is 2.80 bits per heavy atom. The van der Waals surface area contributed by atoms with Gasteiger partial charge in [-0.3, -0.25) is 10.1 Å². The van der Waals surface area contributed by atoms with Crippen LogP contribution in [0.2, 0.25) is 5.15 Å². The molecule has 0 spiro atoms. The zero-order valence-corrected chi connectivity index (χ0v) is 16.4. The highest BCUT2D eigenvalue weighted by Gasteiger charge is 2.24. The largest absolute Gasteiger partial charge is 0.370 e. The van der Waals surface area contributed by atoms with Gasteiger partial charge in [0.2, 0.25) is 0 Å². The fourth-order valence-corrected chi connectivity index (χ4v) is 3.19. The molecule has 152 valence electrons. The monoisotopic (exact) mass is 424 g/mol.